The van der Waals surface area contributed by atoms with Gasteiger partial charge in [-0.3, -0.25) is 9.59 Å². The lowest BCUT2D eigenvalue weighted by Gasteiger charge is -2.42. The highest BCUT2D eigenvalue weighted by Crippen LogP contribution is 2.42. The summed E-state index contributed by atoms with van der Waals surface area (Å²) in [5, 5.41) is 10.5. The number of aliphatic hydroxyl groups is 1. The minimum absolute atomic E-state index is 0.0151. The highest BCUT2D eigenvalue weighted by atomic mass is 35.5. The Morgan fingerprint density at radius 3 is 2.41 bits per heavy atom. The van der Waals surface area contributed by atoms with Gasteiger partial charge in [0.25, 0.3) is 0 Å². The summed E-state index contributed by atoms with van der Waals surface area (Å²) >= 11 is 5.92. The first-order valence-corrected chi connectivity index (χ1v) is 7.50. The van der Waals surface area contributed by atoms with Crippen LogP contribution in [0.3, 0.4) is 0 Å². The summed E-state index contributed by atoms with van der Waals surface area (Å²) in [6.45, 7) is 4.91. The molecule has 0 aliphatic heterocycles. The van der Waals surface area contributed by atoms with Gasteiger partial charge in [-0.2, -0.15) is 0 Å². The van der Waals surface area contributed by atoms with Crippen LogP contribution in [-0.4, -0.2) is 40.4 Å². The van der Waals surface area contributed by atoms with Crippen LogP contribution in [0.15, 0.2) is 41.1 Å². The van der Waals surface area contributed by atoms with Gasteiger partial charge < -0.3 is 14.7 Å². The Hall–Kier alpha value is -1.85. The molecule has 1 aliphatic carbocycles. The average molecular weight is 324 g/mol. The molecular formula is C16H18ClNO4. The molecule has 0 bridgehead atoms. The zero-order valence-corrected chi connectivity index (χ0v) is 13.3. The monoisotopic (exact) mass is 323 g/mol. The van der Waals surface area contributed by atoms with Gasteiger partial charge in [-0.05, 0) is 26.0 Å². The highest BCUT2D eigenvalue weighted by Gasteiger charge is 2.55. The number of hydrogen-bond donors (Lipinski definition) is 1. The number of para-hydroxylation sites is 1. The minimum Gasteiger partial charge on any atom is -0.426 e. The Kier molecular flexibility index (Phi) is 4.88. The SMILES string of the molecule is CCN(CC)C1=C(Cl)C(=O)C1(O)CC(=O)Oc1ccccc1. The van der Waals surface area contributed by atoms with Crippen molar-refractivity contribution in [3.63, 3.8) is 0 Å². The number of hydrogen-bond acceptors (Lipinski definition) is 5. The lowest BCUT2D eigenvalue weighted by Crippen LogP contribution is -2.56. The molecule has 1 N–H and O–H groups in total. The maximum absolute atomic E-state index is 12.0. The van der Waals surface area contributed by atoms with Crippen LogP contribution in [-0.2, 0) is 9.59 Å². The first kappa shape index (κ1) is 16.5. The minimum atomic E-state index is -1.89. The average Bonchev–Trinajstić information content (AvgIpc) is 2.52. The number of carbonyl (C=O) groups excluding carboxylic acids is 2. The zero-order valence-electron chi connectivity index (χ0n) is 12.5. The Labute approximate surface area is 134 Å². The Morgan fingerprint density at radius 2 is 1.86 bits per heavy atom. The molecule has 0 radical (unpaired) electrons. The molecule has 1 unspecified atom stereocenters. The molecule has 5 nitrogen and oxygen atoms in total. The van der Waals surface area contributed by atoms with E-state index in [0.29, 0.717) is 24.5 Å². The number of nitrogens with zero attached hydrogens (tertiary/aromatic N) is 1. The molecule has 0 spiro atoms. The second-order valence-corrected chi connectivity index (χ2v) is 5.37. The number of halogens is 1. The van der Waals surface area contributed by atoms with Crippen molar-refractivity contribution < 1.29 is 19.4 Å². The van der Waals surface area contributed by atoms with Gasteiger partial charge in [0.05, 0.1) is 12.1 Å². The van der Waals surface area contributed by atoms with Crippen LogP contribution in [0.25, 0.3) is 0 Å². The maximum atomic E-state index is 12.0. The number of rotatable bonds is 6. The summed E-state index contributed by atoms with van der Waals surface area (Å²) in [5.74, 6) is -0.959. The lowest BCUT2D eigenvalue weighted by atomic mass is 9.79. The van der Waals surface area contributed by atoms with Crippen molar-refractivity contribution in [1.82, 2.24) is 4.90 Å². The number of ether oxygens (including phenoxy) is 1. The van der Waals surface area contributed by atoms with Gasteiger partial charge in [0.15, 0.2) is 5.60 Å². The van der Waals surface area contributed by atoms with Crippen molar-refractivity contribution in [1.29, 1.82) is 0 Å². The largest absolute Gasteiger partial charge is 0.426 e. The van der Waals surface area contributed by atoms with Crippen molar-refractivity contribution in [3.8, 4) is 5.75 Å². The molecule has 0 fully saturated rings. The molecule has 2 rings (SSSR count). The molecule has 1 aromatic rings. The second-order valence-electron chi connectivity index (χ2n) is 4.99. The van der Waals surface area contributed by atoms with Crippen LogP contribution in [0.2, 0.25) is 0 Å². The van der Waals surface area contributed by atoms with Crippen LogP contribution in [0, 0.1) is 0 Å². The molecule has 0 aromatic heterocycles. The smallest absolute Gasteiger partial charge is 0.315 e. The summed E-state index contributed by atoms with van der Waals surface area (Å²) in [7, 11) is 0. The van der Waals surface area contributed by atoms with Crippen LogP contribution < -0.4 is 4.74 Å². The quantitative estimate of drug-likeness (QED) is 0.641. The standard InChI is InChI=1S/C16H18ClNO4/c1-3-18(4-2)14-13(17)15(20)16(14,21)10-12(19)22-11-8-6-5-7-9-11/h5-9,21H,3-4,10H2,1-2H3. The van der Waals surface area contributed by atoms with Crippen LogP contribution >= 0.6 is 11.6 Å². The van der Waals surface area contributed by atoms with Crippen molar-refractivity contribution in [2.24, 2.45) is 0 Å². The molecule has 1 atom stereocenters. The van der Waals surface area contributed by atoms with E-state index in [-0.39, 0.29) is 5.03 Å². The molecule has 22 heavy (non-hydrogen) atoms. The Balaban J connectivity index is 2.14. The van der Waals surface area contributed by atoms with Gasteiger partial charge >= 0.3 is 5.97 Å². The van der Waals surface area contributed by atoms with E-state index in [2.05, 4.69) is 0 Å². The lowest BCUT2D eigenvalue weighted by molar-refractivity contribution is -0.148. The first-order chi connectivity index (χ1) is 10.4. The van der Waals surface area contributed by atoms with Crippen LogP contribution in [0.4, 0.5) is 0 Å². The van der Waals surface area contributed by atoms with Gasteiger partial charge in [0, 0.05) is 13.1 Å². The first-order valence-electron chi connectivity index (χ1n) is 7.12. The van der Waals surface area contributed by atoms with Gasteiger partial charge in [-0.1, -0.05) is 29.8 Å². The fraction of sp³-hybridized carbons (Fsp3) is 0.375. The predicted molar refractivity (Wildman–Crippen MR) is 82.5 cm³/mol. The number of carbonyl (C=O) groups is 2. The van der Waals surface area contributed by atoms with E-state index in [9.17, 15) is 14.7 Å². The van der Waals surface area contributed by atoms with E-state index < -0.39 is 23.8 Å². The second kappa shape index (κ2) is 6.50. The predicted octanol–water partition coefficient (Wildman–Crippen LogP) is 2.09. The summed E-state index contributed by atoms with van der Waals surface area (Å²) in [6, 6.07) is 8.49. The third-order valence-corrected chi connectivity index (χ3v) is 3.98. The molecule has 118 valence electrons. The van der Waals surface area contributed by atoms with Crippen molar-refractivity contribution >= 4 is 23.4 Å². The van der Waals surface area contributed by atoms with Gasteiger partial charge in [-0.15, -0.1) is 0 Å². The number of Topliss-reactive ketones (excluding diaryl/α,β-unsaturated/α-hetero) is 1. The highest BCUT2D eigenvalue weighted by molar-refractivity contribution is 6.48. The molecule has 0 saturated heterocycles. The van der Waals surface area contributed by atoms with Gasteiger partial charge in [0.1, 0.15) is 10.8 Å². The number of esters is 1. The van der Waals surface area contributed by atoms with E-state index in [4.69, 9.17) is 16.3 Å². The summed E-state index contributed by atoms with van der Waals surface area (Å²) < 4.78 is 5.13. The van der Waals surface area contributed by atoms with Gasteiger partial charge in [0.2, 0.25) is 5.78 Å². The van der Waals surface area contributed by atoms with Crippen molar-refractivity contribution in [2.75, 3.05) is 13.1 Å². The fourth-order valence-corrected chi connectivity index (χ4v) is 2.92. The zero-order chi connectivity index (χ0) is 16.3. The third-order valence-electron chi connectivity index (χ3n) is 3.63. The number of likely N-dealkylation sites (N-methyl/N-ethyl adjacent to an activating group) is 1. The molecule has 1 aromatic carbocycles. The molecule has 1 aliphatic rings. The van der Waals surface area contributed by atoms with Crippen molar-refractivity contribution in [3.05, 3.63) is 41.1 Å². The summed E-state index contributed by atoms with van der Waals surface area (Å²) in [4.78, 5) is 25.7. The topological polar surface area (TPSA) is 66.8 Å². The number of ketones is 1. The third kappa shape index (κ3) is 2.87. The maximum Gasteiger partial charge on any atom is 0.315 e. The van der Waals surface area contributed by atoms with Crippen LogP contribution in [0.1, 0.15) is 20.3 Å². The van der Waals surface area contributed by atoms with E-state index in [1.807, 2.05) is 13.8 Å². The molecule has 0 saturated carbocycles. The van der Waals surface area contributed by atoms with E-state index in [0.717, 1.165) is 0 Å². The van der Waals surface area contributed by atoms with E-state index in [1.54, 1.807) is 35.2 Å². The van der Waals surface area contributed by atoms with Crippen LogP contribution in [0.5, 0.6) is 5.75 Å². The summed E-state index contributed by atoms with van der Waals surface area (Å²) in [6.07, 6.45) is -0.456. The molecule has 6 heteroatoms. The van der Waals surface area contributed by atoms with E-state index >= 15 is 0 Å². The number of benzene rings is 1. The van der Waals surface area contributed by atoms with Gasteiger partial charge in [-0.25, -0.2) is 0 Å². The van der Waals surface area contributed by atoms with Crippen molar-refractivity contribution in [2.45, 2.75) is 25.9 Å². The summed E-state index contributed by atoms with van der Waals surface area (Å²) in [5.41, 5.74) is -1.59. The molecule has 0 amide bonds. The normalized spacial score (nSPS) is 20.6. The Morgan fingerprint density at radius 1 is 1.27 bits per heavy atom. The Bertz CT molecular complexity index is 610. The molecular weight excluding hydrogens is 306 g/mol. The molecule has 0 heterocycles. The van der Waals surface area contributed by atoms with E-state index in [1.165, 1.54) is 0 Å². The fourth-order valence-electron chi connectivity index (χ4n) is 2.48.